The zero-order chi connectivity index (χ0) is 58.6. The summed E-state index contributed by atoms with van der Waals surface area (Å²) in [6, 6.07) is 11.0. The van der Waals surface area contributed by atoms with Gasteiger partial charge >= 0.3 is 55.4 Å². The summed E-state index contributed by atoms with van der Waals surface area (Å²) in [6.45, 7) is 0.632. The third-order valence-electron chi connectivity index (χ3n) is 12.0. The molecule has 1 heterocycles. The molecule has 0 amide bonds. The van der Waals surface area contributed by atoms with Crippen LogP contribution in [0.5, 0.6) is 0 Å². The second kappa shape index (κ2) is 20.8. The molecule has 1 aromatic heterocycles. The Balaban J connectivity index is 0.000000387. The molecular formula is C50H28BF24NO2. The van der Waals surface area contributed by atoms with Crippen molar-refractivity contribution in [1.82, 2.24) is 0 Å². The van der Waals surface area contributed by atoms with Crippen LogP contribution in [0, 0.1) is 0 Å². The van der Waals surface area contributed by atoms with Crippen molar-refractivity contribution < 1.29 is 119 Å². The Morgan fingerprint density at radius 3 is 0.949 bits per heavy atom. The van der Waals surface area contributed by atoms with Crippen LogP contribution < -0.4 is 26.4 Å². The number of pyridine rings is 1. The number of fused-ring (bicyclic) bond motifs is 1. The fraction of sp³-hybridized carbons (Fsp3) is 0.200. The summed E-state index contributed by atoms with van der Waals surface area (Å²) in [5.74, 6) is -0.300. The molecule has 0 aliphatic carbocycles. The second-order valence-corrected chi connectivity index (χ2v) is 17.1. The van der Waals surface area contributed by atoms with Gasteiger partial charge < -0.3 is 4.74 Å². The minimum absolute atomic E-state index is 0.300. The maximum atomic E-state index is 14.2. The third kappa shape index (κ3) is 13.1. The zero-order valence-electron chi connectivity index (χ0n) is 38.4. The summed E-state index contributed by atoms with van der Waals surface area (Å²) in [5.41, 5.74) is -27.5. The SMILES string of the molecule is COC(=O)c1ccccc1C[n+]1cccc2ccccc21.FC(F)(F)c1cc([B-](c2cc(C(F)(F)F)cc(C(F)(F)F)c2)(c2cc(C(F)(F)F)cc(C(F)(F)F)c2)c2cc(C(F)(F)F)cc(C(F)(F)F)c2)cc(C(F)(F)F)c1. The van der Waals surface area contributed by atoms with Crippen molar-refractivity contribution in [3.63, 3.8) is 0 Å². The number of halogens is 24. The van der Waals surface area contributed by atoms with E-state index in [2.05, 4.69) is 22.8 Å². The molecule has 0 fully saturated rings. The lowest BCUT2D eigenvalue weighted by Gasteiger charge is -2.46. The third-order valence-corrected chi connectivity index (χ3v) is 12.0. The molecule has 0 spiro atoms. The standard InChI is InChI=1S/C32H12BF24.C18H16NO2/c34-25(35,36)13-1-14(26(37,38)39)6-21(5-13)33(22-7-15(27(40,41)42)2-16(8-22)28(43,44)45,23-9-17(29(46,47)48)3-18(10-23)30(49,50)51)24-11-19(31(52,53)54)4-20(12-24)32(55,56)57;1-21-18(20)16-10-4-2-8-15(16)13-19-12-6-9-14-7-3-5-11-17(14)19/h1-12H;2-12H,13H2,1H3/q-1;+1. The number of esters is 1. The first-order chi connectivity index (χ1) is 35.6. The van der Waals surface area contributed by atoms with Crippen molar-refractivity contribution >= 4 is 44.9 Å². The quantitative estimate of drug-likeness (QED) is 0.0689. The Bertz CT molecular complexity index is 2900. The van der Waals surface area contributed by atoms with Crippen LogP contribution in [-0.4, -0.2) is 19.2 Å². The highest BCUT2D eigenvalue weighted by molar-refractivity contribution is 7.20. The van der Waals surface area contributed by atoms with Crippen LogP contribution in [-0.2, 0) is 60.7 Å². The van der Waals surface area contributed by atoms with Crippen molar-refractivity contribution in [1.29, 1.82) is 0 Å². The van der Waals surface area contributed by atoms with Gasteiger partial charge in [-0.05, 0) is 42.5 Å². The summed E-state index contributed by atoms with van der Waals surface area (Å²) in [4.78, 5) is 11.9. The molecule has 0 N–H and O–H groups in total. The number of hydrogen-bond acceptors (Lipinski definition) is 2. The summed E-state index contributed by atoms with van der Waals surface area (Å²) in [7, 11) is 1.41. The Hall–Kier alpha value is -7.42. The molecule has 0 bridgehead atoms. The molecule has 3 nitrogen and oxygen atoms in total. The molecule has 0 atom stereocenters. The van der Waals surface area contributed by atoms with Gasteiger partial charge in [-0.1, -0.05) is 78.9 Å². The number of nitrogens with zero attached hydrogens (tertiary/aromatic N) is 1. The number of aromatic nitrogens is 1. The summed E-state index contributed by atoms with van der Waals surface area (Å²) < 4.78 is 348. The van der Waals surface area contributed by atoms with Crippen molar-refractivity contribution in [2.45, 2.75) is 56.0 Å². The molecule has 0 saturated carbocycles. The lowest BCUT2D eigenvalue weighted by atomic mass is 9.12. The van der Waals surface area contributed by atoms with Crippen LogP contribution in [0.4, 0.5) is 105 Å². The van der Waals surface area contributed by atoms with E-state index in [1.165, 1.54) is 12.5 Å². The van der Waals surface area contributed by atoms with E-state index in [4.69, 9.17) is 4.74 Å². The smallest absolute Gasteiger partial charge is 0.416 e. The first kappa shape index (κ1) is 59.8. The van der Waals surface area contributed by atoms with Gasteiger partial charge in [0.25, 0.3) is 0 Å². The first-order valence-electron chi connectivity index (χ1n) is 21.4. The number of carbonyl (C=O) groups excluding carboxylic acids is 1. The average Bonchev–Trinajstić information content (AvgIpc) is 3.32. The molecule has 0 saturated heterocycles. The molecule has 7 rings (SSSR count). The summed E-state index contributed by atoms with van der Waals surface area (Å²) >= 11 is 0. The van der Waals surface area contributed by atoms with Gasteiger partial charge in [0.2, 0.25) is 5.52 Å². The van der Waals surface area contributed by atoms with E-state index in [0.29, 0.717) is 12.1 Å². The Labute approximate surface area is 422 Å². The number of hydrogen-bond donors (Lipinski definition) is 0. The first-order valence-corrected chi connectivity index (χ1v) is 21.4. The Morgan fingerprint density at radius 2 is 0.654 bits per heavy atom. The highest BCUT2D eigenvalue weighted by Gasteiger charge is 2.47. The molecule has 78 heavy (non-hydrogen) atoms. The molecule has 0 aliphatic rings. The number of para-hydroxylation sites is 1. The monoisotopic (exact) mass is 1140 g/mol. The van der Waals surface area contributed by atoms with Crippen molar-refractivity contribution in [3.05, 3.63) is 195 Å². The van der Waals surface area contributed by atoms with Crippen LogP contribution >= 0.6 is 0 Å². The number of benzene rings is 6. The van der Waals surface area contributed by atoms with Gasteiger partial charge in [0, 0.05) is 23.1 Å². The molecule has 416 valence electrons. The van der Waals surface area contributed by atoms with E-state index in [-0.39, 0.29) is 5.97 Å². The van der Waals surface area contributed by atoms with Crippen LogP contribution in [0.3, 0.4) is 0 Å². The highest BCUT2D eigenvalue weighted by Crippen LogP contribution is 2.41. The van der Waals surface area contributed by atoms with Crippen molar-refractivity contribution in [2.75, 3.05) is 7.11 Å². The van der Waals surface area contributed by atoms with E-state index in [1.807, 2.05) is 42.6 Å². The Kier molecular flexibility index (Phi) is 15.9. The molecule has 6 aromatic carbocycles. The number of alkyl halides is 24. The number of rotatable bonds is 7. The summed E-state index contributed by atoms with van der Waals surface area (Å²) in [5, 5.41) is 1.18. The topological polar surface area (TPSA) is 30.2 Å². The van der Waals surface area contributed by atoms with Gasteiger partial charge in [0.05, 0.1) is 57.2 Å². The Morgan fingerprint density at radius 1 is 0.385 bits per heavy atom. The van der Waals surface area contributed by atoms with Crippen LogP contribution in [0.25, 0.3) is 10.9 Å². The van der Waals surface area contributed by atoms with E-state index >= 15 is 0 Å². The zero-order valence-corrected chi connectivity index (χ0v) is 38.4. The maximum Gasteiger partial charge on any atom is 0.416 e. The normalized spacial score (nSPS) is 13.3. The van der Waals surface area contributed by atoms with Gasteiger partial charge in [0.1, 0.15) is 6.15 Å². The highest BCUT2D eigenvalue weighted by atomic mass is 19.4. The van der Waals surface area contributed by atoms with E-state index in [0.717, 1.165) is 11.1 Å². The summed E-state index contributed by atoms with van der Waals surface area (Å²) in [6.07, 6.45) is -52.8. The van der Waals surface area contributed by atoms with E-state index in [9.17, 15) is 110 Å². The molecule has 0 unspecified atom stereocenters. The number of carbonyl (C=O) groups is 1. The van der Waals surface area contributed by atoms with Gasteiger partial charge in [-0.15, -0.1) is 0 Å². The van der Waals surface area contributed by atoms with Gasteiger partial charge in [-0.3, -0.25) is 0 Å². The van der Waals surface area contributed by atoms with E-state index < -0.39 is 195 Å². The largest absolute Gasteiger partial charge is 0.465 e. The minimum atomic E-state index is -6.13. The van der Waals surface area contributed by atoms with Gasteiger partial charge in [0.15, 0.2) is 12.7 Å². The van der Waals surface area contributed by atoms with Gasteiger partial charge in [-0.2, -0.15) is 132 Å². The van der Waals surface area contributed by atoms with Crippen LogP contribution in [0.15, 0.2) is 140 Å². The van der Waals surface area contributed by atoms with Crippen molar-refractivity contribution in [3.8, 4) is 0 Å². The molecule has 0 aliphatic heterocycles. The molecule has 7 aromatic rings. The molecule has 28 heteroatoms. The lowest BCUT2D eigenvalue weighted by Crippen LogP contribution is -2.75. The van der Waals surface area contributed by atoms with Crippen LogP contribution in [0.1, 0.15) is 60.4 Å². The van der Waals surface area contributed by atoms with Crippen LogP contribution in [0.2, 0.25) is 0 Å². The fourth-order valence-corrected chi connectivity index (χ4v) is 8.58. The second-order valence-electron chi connectivity index (χ2n) is 17.1. The average molecular weight is 1140 g/mol. The molecule has 0 radical (unpaired) electrons. The lowest BCUT2D eigenvalue weighted by molar-refractivity contribution is -0.662. The van der Waals surface area contributed by atoms with Gasteiger partial charge in [-0.25, -0.2) is 4.79 Å². The maximum absolute atomic E-state index is 14.2. The van der Waals surface area contributed by atoms with E-state index in [1.54, 1.807) is 6.07 Å². The molecular weight excluding hydrogens is 1110 g/mol. The predicted molar refractivity (Wildman–Crippen MR) is 231 cm³/mol. The number of methoxy groups -OCH3 is 1. The number of ether oxygens (including phenoxy) is 1. The fourth-order valence-electron chi connectivity index (χ4n) is 8.58. The minimum Gasteiger partial charge on any atom is -0.465 e. The predicted octanol–water partition coefficient (Wildman–Crippen LogP) is 14.2. The van der Waals surface area contributed by atoms with Crippen molar-refractivity contribution in [2.24, 2.45) is 0 Å².